The Kier molecular flexibility index (Phi) is 7.22. The first-order valence-corrected chi connectivity index (χ1v) is 12.5. The van der Waals surface area contributed by atoms with Crippen LogP contribution in [0.4, 0.5) is 23.0 Å². The number of morpholine rings is 1. The van der Waals surface area contributed by atoms with Gasteiger partial charge in [-0.05, 0) is 31.4 Å². The molecule has 2 aromatic rings. The summed E-state index contributed by atoms with van der Waals surface area (Å²) in [5.74, 6) is 1.73. The number of hydrogen-bond donors (Lipinski definition) is 3. The minimum Gasteiger partial charge on any atom is -0.491 e. The summed E-state index contributed by atoms with van der Waals surface area (Å²) in [5.41, 5.74) is 4.12. The van der Waals surface area contributed by atoms with Crippen LogP contribution in [-0.2, 0) is 9.53 Å². The number of amides is 1. The molecule has 0 saturated carbocycles. The van der Waals surface area contributed by atoms with E-state index in [1.165, 1.54) is 6.33 Å². The van der Waals surface area contributed by atoms with Crippen LogP contribution in [0.2, 0.25) is 0 Å². The number of anilines is 4. The van der Waals surface area contributed by atoms with Gasteiger partial charge in [0.2, 0.25) is 0 Å². The molecule has 3 aliphatic rings. The van der Waals surface area contributed by atoms with Crippen LogP contribution in [0.15, 0.2) is 43.0 Å². The van der Waals surface area contributed by atoms with E-state index in [0.717, 1.165) is 61.7 Å². The van der Waals surface area contributed by atoms with Crippen molar-refractivity contribution in [1.29, 1.82) is 0 Å². The fraction of sp³-hybridized carbons (Fsp3) is 0.423. The zero-order valence-corrected chi connectivity index (χ0v) is 20.7. The predicted octanol–water partition coefficient (Wildman–Crippen LogP) is 3.14. The molecule has 36 heavy (non-hydrogen) atoms. The maximum atomic E-state index is 12.8. The number of rotatable bonds is 1. The van der Waals surface area contributed by atoms with Crippen LogP contribution in [0.3, 0.4) is 0 Å². The van der Waals surface area contributed by atoms with Gasteiger partial charge in [0.1, 0.15) is 23.7 Å². The Hall–Kier alpha value is -3.79. The first-order valence-electron chi connectivity index (χ1n) is 12.5. The Balaban J connectivity index is 1.47. The van der Waals surface area contributed by atoms with Crippen molar-refractivity contribution in [1.82, 2.24) is 14.9 Å². The second-order valence-corrected chi connectivity index (χ2v) is 9.10. The Bertz CT molecular complexity index is 1160. The van der Waals surface area contributed by atoms with Crippen LogP contribution >= 0.6 is 0 Å². The minimum atomic E-state index is -0.220. The number of carbonyl (C=O) groups is 1. The highest BCUT2D eigenvalue weighted by Crippen LogP contribution is 2.36. The summed E-state index contributed by atoms with van der Waals surface area (Å²) in [6.45, 7) is 9.35. The lowest BCUT2D eigenvalue weighted by molar-refractivity contribution is -0.110. The highest BCUT2D eigenvalue weighted by atomic mass is 16.5. The molecule has 10 heteroatoms. The highest BCUT2D eigenvalue weighted by Gasteiger charge is 2.29. The molecule has 1 amide bonds. The zero-order chi connectivity index (χ0) is 24.9. The van der Waals surface area contributed by atoms with Gasteiger partial charge < -0.3 is 35.2 Å². The standard InChI is InChI=1S/C26H33N7O3/c1-18-5-3-4-12-36-22-15-19(6-7-21(22)33-10-13-35-14-11-33)28-16-20-23-24(27-8-9-32(18)2)29-17-30-25(23)31-26(20)34/h6-7,15-17,28H,1,3-5,8-14H2,2H3,(H2,27,29,30,31,34)/b20-16-. The SMILES string of the molecule is C=C1CCCCOc2cc(ccc2N2CCOCC2)N/C=C2\C(=O)Nc3ncnc(c32)NCCN1C. The second kappa shape index (κ2) is 10.9. The number of likely N-dealkylation sites (N-methyl/N-ethyl adjacent to an activating group) is 1. The quantitative estimate of drug-likeness (QED) is 0.555. The summed E-state index contributed by atoms with van der Waals surface area (Å²) < 4.78 is 11.8. The van der Waals surface area contributed by atoms with Crippen molar-refractivity contribution in [2.24, 2.45) is 0 Å². The number of benzene rings is 1. The molecule has 10 nitrogen and oxygen atoms in total. The lowest BCUT2D eigenvalue weighted by Gasteiger charge is -2.30. The molecule has 0 spiro atoms. The molecular formula is C26H33N7O3. The summed E-state index contributed by atoms with van der Waals surface area (Å²) in [6.07, 6.45) is 6.01. The Morgan fingerprint density at radius 3 is 2.75 bits per heavy atom. The van der Waals surface area contributed by atoms with Gasteiger partial charge in [-0.2, -0.15) is 0 Å². The second-order valence-electron chi connectivity index (χ2n) is 9.10. The van der Waals surface area contributed by atoms with Crippen molar-refractivity contribution >= 4 is 34.5 Å². The minimum absolute atomic E-state index is 0.220. The Morgan fingerprint density at radius 2 is 1.89 bits per heavy atom. The van der Waals surface area contributed by atoms with E-state index in [-0.39, 0.29) is 5.91 Å². The molecule has 1 aromatic heterocycles. The van der Waals surface area contributed by atoms with Gasteiger partial charge in [-0.15, -0.1) is 0 Å². The number of nitrogens with zero attached hydrogens (tertiary/aromatic N) is 4. The van der Waals surface area contributed by atoms with E-state index in [0.29, 0.717) is 49.1 Å². The fourth-order valence-corrected chi connectivity index (χ4v) is 4.54. The number of allylic oxidation sites excluding steroid dienone is 1. The monoisotopic (exact) mass is 491 g/mol. The number of fused-ring (bicyclic) bond motifs is 2. The summed E-state index contributed by atoms with van der Waals surface area (Å²) in [4.78, 5) is 25.9. The van der Waals surface area contributed by atoms with Gasteiger partial charge in [0.25, 0.3) is 5.91 Å². The van der Waals surface area contributed by atoms with Crippen LogP contribution < -0.4 is 25.6 Å². The van der Waals surface area contributed by atoms with Crippen LogP contribution in [-0.4, -0.2) is 73.8 Å². The number of aromatic nitrogens is 2. The van der Waals surface area contributed by atoms with Crippen molar-refractivity contribution in [3.05, 3.63) is 48.6 Å². The van der Waals surface area contributed by atoms with E-state index >= 15 is 0 Å². The van der Waals surface area contributed by atoms with E-state index in [4.69, 9.17) is 9.47 Å². The summed E-state index contributed by atoms with van der Waals surface area (Å²) in [5, 5.41) is 9.49. The number of nitrogens with one attached hydrogen (secondary N) is 3. The predicted molar refractivity (Wildman–Crippen MR) is 141 cm³/mol. The molecule has 0 atom stereocenters. The summed E-state index contributed by atoms with van der Waals surface area (Å²) >= 11 is 0. The van der Waals surface area contributed by atoms with Gasteiger partial charge in [0.05, 0.1) is 36.6 Å². The normalized spacial score (nSPS) is 20.5. The van der Waals surface area contributed by atoms with Crippen LogP contribution in [0.5, 0.6) is 5.75 Å². The number of hydrogen-bond acceptors (Lipinski definition) is 9. The van der Waals surface area contributed by atoms with Gasteiger partial charge in [0, 0.05) is 56.9 Å². The molecule has 0 aliphatic carbocycles. The highest BCUT2D eigenvalue weighted by molar-refractivity contribution is 6.32. The number of ether oxygens (including phenoxy) is 2. The lowest BCUT2D eigenvalue weighted by atomic mass is 10.1. The average Bonchev–Trinajstić information content (AvgIpc) is 3.22. The molecule has 1 saturated heterocycles. The zero-order valence-electron chi connectivity index (χ0n) is 20.7. The third-order valence-electron chi connectivity index (χ3n) is 6.68. The van der Waals surface area contributed by atoms with Gasteiger partial charge in [-0.3, -0.25) is 4.79 Å². The maximum absolute atomic E-state index is 12.8. The largest absolute Gasteiger partial charge is 0.491 e. The fourth-order valence-electron chi connectivity index (χ4n) is 4.54. The summed E-state index contributed by atoms with van der Waals surface area (Å²) in [7, 11) is 2.05. The lowest BCUT2D eigenvalue weighted by Crippen LogP contribution is -2.36. The molecule has 3 N–H and O–H groups in total. The van der Waals surface area contributed by atoms with Crippen molar-refractivity contribution in [2.75, 3.05) is 73.9 Å². The van der Waals surface area contributed by atoms with Crippen LogP contribution in [0.1, 0.15) is 24.8 Å². The van der Waals surface area contributed by atoms with E-state index in [1.54, 1.807) is 6.20 Å². The van der Waals surface area contributed by atoms with E-state index in [1.807, 2.05) is 19.2 Å². The first kappa shape index (κ1) is 23.9. The molecule has 5 rings (SSSR count). The third-order valence-corrected chi connectivity index (χ3v) is 6.68. The van der Waals surface area contributed by atoms with E-state index < -0.39 is 0 Å². The van der Waals surface area contributed by atoms with Gasteiger partial charge in [-0.25, -0.2) is 9.97 Å². The third kappa shape index (κ3) is 5.23. The smallest absolute Gasteiger partial charge is 0.259 e. The molecule has 0 radical (unpaired) electrons. The van der Waals surface area contributed by atoms with Crippen LogP contribution in [0, 0.1) is 0 Å². The van der Waals surface area contributed by atoms with Crippen molar-refractivity contribution in [3.8, 4) is 5.75 Å². The molecule has 1 fully saturated rings. The molecule has 4 heterocycles. The molecule has 3 aliphatic heterocycles. The van der Waals surface area contributed by atoms with Crippen molar-refractivity contribution in [3.63, 3.8) is 0 Å². The average molecular weight is 492 g/mol. The molecule has 1 aromatic carbocycles. The Morgan fingerprint density at radius 1 is 1.06 bits per heavy atom. The van der Waals surface area contributed by atoms with Gasteiger partial charge in [0.15, 0.2) is 0 Å². The van der Waals surface area contributed by atoms with E-state index in [9.17, 15) is 4.79 Å². The topological polar surface area (TPSA) is 104 Å². The van der Waals surface area contributed by atoms with Crippen LogP contribution in [0.25, 0.3) is 5.57 Å². The molecule has 190 valence electrons. The van der Waals surface area contributed by atoms with Gasteiger partial charge in [-0.1, -0.05) is 6.58 Å². The summed E-state index contributed by atoms with van der Waals surface area (Å²) in [6, 6.07) is 6.06. The van der Waals surface area contributed by atoms with Crippen molar-refractivity contribution < 1.29 is 14.3 Å². The first-order chi connectivity index (χ1) is 17.6. The molecule has 2 bridgehead atoms. The van der Waals surface area contributed by atoms with Crippen molar-refractivity contribution in [2.45, 2.75) is 19.3 Å². The number of carbonyl (C=O) groups excluding carboxylic acids is 1. The maximum Gasteiger partial charge on any atom is 0.259 e. The molecule has 0 unspecified atom stereocenters. The Labute approximate surface area is 211 Å². The molecular weight excluding hydrogens is 458 g/mol. The van der Waals surface area contributed by atoms with E-state index in [2.05, 4.69) is 48.4 Å². The van der Waals surface area contributed by atoms with Gasteiger partial charge >= 0.3 is 0 Å².